The van der Waals surface area contributed by atoms with Crippen LogP contribution in [0.3, 0.4) is 0 Å². The number of carboxylic acids is 1. The molecule has 1 aromatic rings. The van der Waals surface area contributed by atoms with Crippen molar-refractivity contribution in [2.45, 2.75) is 19.1 Å². The molecule has 0 aliphatic heterocycles. The summed E-state index contributed by atoms with van der Waals surface area (Å²) in [4.78, 5) is 22.8. The number of amides is 1. The lowest BCUT2D eigenvalue weighted by molar-refractivity contribution is -0.147. The molecule has 0 spiro atoms. The van der Waals surface area contributed by atoms with E-state index < -0.39 is 23.8 Å². The normalized spacial score (nSPS) is 12.8. The van der Waals surface area contributed by atoms with Crippen LogP contribution in [-0.4, -0.2) is 28.9 Å². The summed E-state index contributed by atoms with van der Waals surface area (Å²) in [5, 5.41) is 9.07. The van der Waals surface area contributed by atoms with Gasteiger partial charge in [-0.1, -0.05) is 12.1 Å². The number of hydrogen-bond donors (Lipinski definition) is 1. The molecule has 0 radical (unpaired) electrons. The van der Waals surface area contributed by atoms with Gasteiger partial charge in [0.15, 0.2) is 6.04 Å². The SMILES string of the molecule is CCN(C=O)C(C(=O)O)c1cccc(C(F)(F)F)c1. The first-order valence-electron chi connectivity index (χ1n) is 5.42. The van der Waals surface area contributed by atoms with Gasteiger partial charge in [-0.05, 0) is 24.6 Å². The van der Waals surface area contributed by atoms with E-state index in [1.807, 2.05) is 0 Å². The van der Waals surface area contributed by atoms with Crippen molar-refractivity contribution in [1.82, 2.24) is 4.90 Å². The fourth-order valence-electron chi connectivity index (χ4n) is 1.68. The number of benzene rings is 1. The number of halogens is 3. The first kappa shape index (κ1) is 15.0. The van der Waals surface area contributed by atoms with Crippen LogP contribution in [0.5, 0.6) is 0 Å². The molecule has 0 bridgehead atoms. The summed E-state index contributed by atoms with van der Waals surface area (Å²) in [6.07, 6.45) is -4.25. The number of carbonyl (C=O) groups excluding carboxylic acids is 1. The number of likely N-dealkylation sites (N-methyl/N-ethyl adjacent to an activating group) is 1. The Morgan fingerprint density at radius 3 is 2.53 bits per heavy atom. The molecule has 7 heteroatoms. The summed E-state index contributed by atoms with van der Waals surface area (Å²) >= 11 is 0. The lowest BCUT2D eigenvalue weighted by Crippen LogP contribution is -2.33. The topological polar surface area (TPSA) is 57.6 Å². The molecule has 4 nitrogen and oxygen atoms in total. The maximum atomic E-state index is 12.6. The Hall–Kier alpha value is -2.05. The Morgan fingerprint density at radius 2 is 2.11 bits per heavy atom. The monoisotopic (exact) mass is 275 g/mol. The minimum absolute atomic E-state index is 0.0801. The standard InChI is InChI=1S/C12H12F3NO3/c1-2-16(7-17)10(11(18)19)8-4-3-5-9(6-8)12(13,14)15/h3-7,10H,2H2,1H3,(H,18,19). The number of carbonyl (C=O) groups is 2. The fraction of sp³-hybridized carbons (Fsp3) is 0.333. The Bertz CT molecular complexity index is 474. The van der Waals surface area contributed by atoms with Gasteiger partial charge < -0.3 is 10.0 Å². The van der Waals surface area contributed by atoms with Crippen LogP contribution in [0.1, 0.15) is 24.1 Å². The van der Waals surface area contributed by atoms with Crippen LogP contribution < -0.4 is 0 Å². The molecule has 0 aliphatic carbocycles. The molecule has 1 aromatic carbocycles. The van der Waals surface area contributed by atoms with Crippen LogP contribution in [0.25, 0.3) is 0 Å². The van der Waals surface area contributed by atoms with E-state index in [4.69, 9.17) is 5.11 Å². The third-order valence-electron chi connectivity index (χ3n) is 2.60. The second-order valence-corrected chi connectivity index (χ2v) is 3.80. The molecule has 19 heavy (non-hydrogen) atoms. The number of rotatable bonds is 5. The third kappa shape index (κ3) is 3.46. The van der Waals surface area contributed by atoms with Crippen molar-refractivity contribution < 1.29 is 27.9 Å². The second kappa shape index (κ2) is 5.73. The molecule has 1 amide bonds. The van der Waals surface area contributed by atoms with E-state index in [0.717, 1.165) is 23.1 Å². The van der Waals surface area contributed by atoms with Crippen molar-refractivity contribution in [2.75, 3.05) is 6.54 Å². The van der Waals surface area contributed by atoms with Crippen LogP contribution in [0, 0.1) is 0 Å². The summed E-state index contributed by atoms with van der Waals surface area (Å²) in [5.41, 5.74) is -1.03. The molecule has 1 unspecified atom stereocenters. The van der Waals surface area contributed by atoms with Crippen molar-refractivity contribution in [1.29, 1.82) is 0 Å². The van der Waals surface area contributed by atoms with Gasteiger partial charge >= 0.3 is 12.1 Å². The summed E-state index contributed by atoms with van der Waals surface area (Å²) in [7, 11) is 0. The molecule has 1 N–H and O–H groups in total. The van der Waals surface area contributed by atoms with Gasteiger partial charge in [0.05, 0.1) is 5.56 Å². The van der Waals surface area contributed by atoms with Crippen LogP contribution >= 0.6 is 0 Å². The summed E-state index contributed by atoms with van der Waals surface area (Å²) in [5.74, 6) is -1.38. The van der Waals surface area contributed by atoms with Crippen LogP contribution in [0.15, 0.2) is 24.3 Å². The van der Waals surface area contributed by atoms with Gasteiger partial charge in [-0.3, -0.25) is 4.79 Å². The minimum atomic E-state index is -4.56. The first-order chi connectivity index (χ1) is 8.81. The van der Waals surface area contributed by atoms with Gasteiger partial charge in [-0.2, -0.15) is 13.2 Å². The predicted octanol–water partition coefficient (Wildman–Crippen LogP) is 2.31. The van der Waals surface area contributed by atoms with Crippen molar-refractivity contribution in [2.24, 2.45) is 0 Å². The molecule has 0 aromatic heterocycles. The zero-order chi connectivity index (χ0) is 14.6. The Kier molecular flexibility index (Phi) is 4.52. The molecule has 0 saturated heterocycles. The van der Waals surface area contributed by atoms with Gasteiger partial charge in [0.2, 0.25) is 6.41 Å². The predicted molar refractivity (Wildman–Crippen MR) is 60.3 cm³/mol. The molecule has 104 valence electrons. The van der Waals surface area contributed by atoms with Crippen molar-refractivity contribution in [3.63, 3.8) is 0 Å². The Morgan fingerprint density at radius 1 is 1.47 bits per heavy atom. The molecule has 1 rings (SSSR count). The van der Waals surface area contributed by atoms with E-state index in [-0.39, 0.29) is 12.1 Å². The molecule has 0 fully saturated rings. The first-order valence-corrected chi connectivity index (χ1v) is 5.42. The minimum Gasteiger partial charge on any atom is -0.479 e. The molecule has 0 saturated carbocycles. The Balaban J connectivity index is 3.24. The van der Waals surface area contributed by atoms with Gasteiger partial charge in [-0.25, -0.2) is 4.79 Å². The smallest absolute Gasteiger partial charge is 0.416 e. The van der Waals surface area contributed by atoms with Gasteiger partial charge in [0.25, 0.3) is 0 Å². The number of alkyl halides is 3. The average Bonchev–Trinajstić information content (AvgIpc) is 2.34. The lowest BCUT2D eigenvalue weighted by Gasteiger charge is -2.24. The van der Waals surface area contributed by atoms with Gasteiger partial charge in [0, 0.05) is 6.54 Å². The molecular weight excluding hydrogens is 263 g/mol. The quantitative estimate of drug-likeness (QED) is 0.839. The maximum absolute atomic E-state index is 12.6. The average molecular weight is 275 g/mol. The van der Waals surface area contributed by atoms with Crippen LogP contribution in [-0.2, 0) is 15.8 Å². The van der Waals surface area contributed by atoms with Crippen LogP contribution in [0.4, 0.5) is 13.2 Å². The summed E-state index contributed by atoms with van der Waals surface area (Å²) in [6.45, 7) is 1.62. The zero-order valence-corrected chi connectivity index (χ0v) is 10.0. The molecule has 1 atom stereocenters. The van der Waals surface area contributed by atoms with E-state index in [1.165, 1.54) is 13.0 Å². The number of carboxylic acid groups (broad SMARTS) is 1. The second-order valence-electron chi connectivity index (χ2n) is 3.80. The summed E-state index contributed by atoms with van der Waals surface area (Å²) < 4.78 is 37.7. The highest BCUT2D eigenvalue weighted by molar-refractivity contribution is 5.78. The van der Waals surface area contributed by atoms with Crippen molar-refractivity contribution >= 4 is 12.4 Å². The van der Waals surface area contributed by atoms with Gasteiger partial charge in [0.1, 0.15) is 0 Å². The number of hydrogen-bond acceptors (Lipinski definition) is 2. The largest absolute Gasteiger partial charge is 0.479 e. The van der Waals surface area contributed by atoms with E-state index in [0.29, 0.717) is 6.41 Å². The third-order valence-corrected chi connectivity index (χ3v) is 2.60. The number of aliphatic carboxylic acids is 1. The van der Waals surface area contributed by atoms with E-state index in [1.54, 1.807) is 0 Å². The highest BCUT2D eigenvalue weighted by Crippen LogP contribution is 2.31. The lowest BCUT2D eigenvalue weighted by atomic mass is 10.0. The van der Waals surface area contributed by atoms with E-state index in [9.17, 15) is 22.8 Å². The van der Waals surface area contributed by atoms with Crippen LogP contribution in [0.2, 0.25) is 0 Å². The maximum Gasteiger partial charge on any atom is 0.416 e. The number of nitrogens with zero attached hydrogens (tertiary/aromatic N) is 1. The van der Waals surface area contributed by atoms with Crippen molar-refractivity contribution in [3.05, 3.63) is 35.4 Å². The molecule has 0 heterocycles. The molecule has 0 aliphatic rings. The van der Waals surface area contributed by atoms with E-state index >= 15 is 0 Å². The highest BCUT2D eigenvalue weighted by atomic mass is 19.4. The van der Waals surface area contributed by atoms with E-state index in [2.05, 4.69) is 0 Å². The fourth-order valence-corrected chi connectivity index (χ4v) is 1.68. The van der Waals surface area contributed by atoms with Gasteiger partial charge in [-0.15, -0.1) is 0 Å². The summed E-state index contributed by atoms with van der Waals surface area (Å²) in [6, 6.07) is 2.53. The highest BCUT2D eigenvalue weighted by Gasteiger charge is 2.33. The molecular formula is C12H12F3NO3. The zero-order valence-electron chi connectivity index (χ0n) is 10.0. The van der Waals surface area contributed by atoms with Crippen molar-refractivity contribution in [3.8, 4) is 0 Å². The Labute approximate surface area is 107 Å².